The number of aryl methyl sites for hydroxylation is 1. The third-order valence-corrected chi connectivity index (χ3v) is 3.03. The van der Waals surface area contributed by atoms with Crippen LogP contribution in [0.15, 0.2) is 41.2 Å². The smallest absolute Gasteiger partial charge is 0.252 e. The van der Waals surface area contributed by atoms with Gasteiger partial charge in [0.25, 0.3) is 5.56 Å². The Bertz CT molecular complexity index is 570. The Morgan fingerprint density at radius 2 is 1.83 bits per heavy atom. The molecule has 0 atom stereocenters. The van der Waals surface area contributed by atoms with E-state index in [0.717, 1.165) is 23.2 Å². The van der Waals surface area contributed by atoms with E-state index < -0.39 is 0 Å². The molecule has 0 bridgehead atoms. The Labute approximate surface area is 107 Å². The summed E-state index contributed by atoms with van der Waals surface area (Å²) < 4.78 is 0. The topological polar surface area (TPSA) is 44.9 Å². The lowest BCUT2D eigenvalue weighted by Crippen LogP contribution is -2.18. The van der Waals surface area contributed by atoms with E-state index in [1.54, 1.807) is 0 Å². The largest absolute Gasteiger partial charge is 0.322 e. The molecule has 0 fully saturated rings. The maximum absolute atomic E-state index is 11.8. The molecule has 94 valence electrons. The average molecular weight is 242 g/mol. The Hall–Kier alpha value is -1.87. The minimum absolute atomic E-state index is 0.0265. The summed E-state index contributed by atoms with van der Waals surface area (Å²) in [4.78, 5) is 14.7. The molecule has 0 aliphatic carbocycles. The van der Waals surface area contributed by atoms with Gasteiger partial charge in [-0.25, -0.2) is 0 Å². The van der Waals surface area contributed by atoms with Crippen molar-refractivity contribution in [3.63, 3.8) is 0 Å². The summed E-state index contributed by atoms with van der Waals surface area (Å²) in [6.07, 6.45) is 1.03. The Morgan fingerprint density at radius 3 is 2.39 bits per heavy atom. The minimum Gasteiger partial charge on any atom is -0.322 e. The first-order valence-electron chi connectivity index (χ1n) is 6.20. The van der Waals surface area contributed by atoms with Crippen LogP contribution in [0, 0.1) is 0 Å². The molecular formula is C15H18N2O. The third kappa shape index (κ3) is 2.68. The fraction of sp³-hybridized carbons (Fsp3) is 0.267. The van der Waals surface area contributed by atoms with E-state index in [2.05, 4.69) is 29.4 Å². The van der Waals surface area contributed by atoms with Crippen molar-refractivity contribution < 1.29 is 0 Å². The van der Waals surface area contributed by atoms with Gasteiger partial charge in [-0.15, -0.1) is 0 Å². The van der Waals surface area contributed by atoms with Crippen molar-refractivity contribution in [3.05, 3.63) is 57.9 Å². The first-order valence-corrected chi connectivity index (χ1v) is 6.20. The van der Waals surface area contributed by atoms with Crippen LogP contribution >= 0.6 is 0 Å². The zero-order valence-electron chi connectivity index (χ0n) is 10.8. The van der Waals surface area contributed by atoms with Crippen LogP contribution in [0.1, 0.15) is 18.1 Å². The van der Waals surface area contributed by atoms with E-state index in [-0.39, 0.29) is 5.56 Å². The fourth-order valence-electron chi connectivity index (χ4n) is 1.92. The molecule has 1 aromatic heterocycles. The molecule has 0 saturated heterocycles. The van der Waals surface area contributed by atoms with Gasteiger partial charge >= 0.3 is 0 Å². The van der Waals surface area contributed by atoms with Crippen LogP contribution in [0.25, 0.3) is 11.3 Å². The van der Waals surface area contributed by atoms with E-state index in [9.17, 15) is 4.79 Å². The lowest BCUT2D eigenvalue weighted by atomic mass is 10.1. The summed E-state index contributed by atoms with van der Waals surface area (Å²) in [5.74, 6) is 0. The zero-order valence-corrected chi connectivity index (χ0v) is 10.8. The molecule has 1 heterocycles. The number of hydrogen-bond donors (Lipinski definition) is 2. The minimum atomic E-state index is -0.0265. The molecule has 2 rings (SSSR count). The lowest BCUT2D eigenvalue weighted by molar-refractivity contribution is 0.805. The molecule has 0 aliphatic rings. The van der Waals surface area contributed by atoms with Gasteiger partial charge in [0.15, 0.2) is 0 Å². The summed E-state index contributed by atoms with van der Waals surface area (Å²) in [7, 11) is 1.83. The van der Waals surface area contributed by atoms with Crippen LogP contribution < -0.4 is 10.9 Å². The molecular weight excluding hydrogens is 224 g/mol. The van der Waals surface area contributed by atoms with Gasteiger partial charge in [-0.2, -0.15) is 0 Å². The second-order valence-corrected chi connectivity index (χ2v) is 4.31. The van der Waals surface area contributed by atoms with Gasteiger partial charge in [0, 0.05) is 17.8 Å². The summed E-state index contributed by atoms with van der Waals surface area (Å²) in [6.45, 7) is 2.72. The summed E-state index contributed by atoms with van der Waals surface area (Å²) in [5.41, 5.74) is 3.93. The number of H-pyrrole nitrogens is 1. The first-order chi connectivity index (χ1) is 8.74. The summed E-state index contributed by atoms with van der Waals surface area (Å²) in [5, 5.41) is 2.98. The number of aromatic amines is 1. The van der Waals surface area contributed by atoms with Crippen LogP contribution in [0.2, 0.25) is 0 Å². The quantitative estimate of drug-likeness (QED) is 0.864. The molecule has 0 amide bonds. The number of benzene rings is 1. The predicted molar refractivity (Wildman–Crippen MR) is 74.6 cm³/mol. The standard InChI is InChI=1S/C15H18N2O/c1-3-11-4-6-12(7-5-11)14-9-8-13(10-16-2)15(18)17-14/h4-9,16H,3,10H2,1-2H3,(H,17,18). The third-order valence-electron chi connectivity index (χ3n) is 3.03. The first kappa shape index (κ1) is 12.6. The van der Waals surface area contributed by atoms with Crippen LogP contribution in [-0.2, 0) is 13.0 Å². The lowest BCUT2D eigenvalue weighted by Gasteiger charge is -2.05. The number of aromatic nitrogens is 1. The number of hydrogen-bond acceptors (Lipinski definition) is 2. The van der Waals surface area contributed by atoms with Crippen molar-refractivity contribution in [2.24, 2.45) is 0 Å². The van der Waals surface area contributed by atoms with Crippen LogP contribution in [0.4, 0.5) is 0 Å². The Kier molecular flexibility index (Phi) is 3.95. The van der Waals surface area contributed by atoms with Gasteiger partial charge in [-0.1, -0.05) is 37.3 Å². The molecule has 3 heteroatoms. The normalized spacial score (nSPS) is 10.6. The molecule has 0 spiro atoms. The van der Waals surface area contributed by atoms with E-state index in [4.69, 9.17) is 0 Å². The van der Waals surface area contributed by atoms with Gasteiger partial charge in [0.2, 0.25) is 0 Å². The van der Waals surface area contributed by atoms with Crippen molar-refractivity contribution in [3.8, 4) is 11.3 Å². The highest BCUT2D eigenvalue weighted by Gasteiger charge is 2.02. The maximum atomic E-state index is 11.8. The van der Waals surface area contributed by atoms with Crippen molar-refractivity contribution in [2.45, 2.75) is 19.9 Å². The molecule has 3 nitrogen and oxygen atoms in total. The van der Waals surface area contributed by atoms with E-state index in [1.807, 2.05) is 31.3 Å². The van der Waals surface area contributed by atoms with E-state index in [1.165, 1.54) is 5.56 Å². The zero-order chi connectivity index (χ0) is 13.0. The van der Waals surface area contributed by atoms with Crippen LogP contribution in [-0.4, -0.2) is 12.0 Å². The molecule has 18 heavy (non-hydrogen) atoms. The van der Waals surface area contributed by atoms with E-state index in [0.29, 0.717) is 6.54 Å². The predicted octanol–water partition coefficient (Wildman–Crippen LogP) is 2.32. The van der Waals surface area contributed by atoms with Gasteiger partial charge in [0.05, 0.1) is 0 Å². The van der Waals surface area contributed by atoms with E-state index >= 15 is 0 Å². The highest BCUT2D eigenvalue weighted by atomic mass is 16.1. The second-order valence-electron chi connectivity index (χ2n) is 4.31. The highest BCUT2D eigenvalue weighted by molar-refractivity contribution is 5.59. The van der Waals surface area contributed by atoms with Gasteiger partial charge < -0.3 is 10.3 Å². The van der Waals surface area contributed by atoms with Crippen molar-refractivity contribution >= 4 is 0 Å². The highest BCUT2D eigenvalue weighted by Crippen LogP contribution is 2.16. The Balaban J connectivity index is 2.33. The van der Waals surface area contributed by atoms with Crippen LogP contribution in [0.3, 0.4) is 0 Å². The van der Waals surface area contributed by atoms with Crippen molar-refractivity contribution in [1.82, 2.24) is 10.3 Å². The molecule has 1 aromatic carbocycles. The van der Waals surface area contributed by atoms with Crippen molar-refractivity contribution in [1.29, 1.82) is 0 Å². The number of pyridine rings is 1. The SMILES string of the molecule is CCc1ccc(-c2ccc(CNC)c(=O)[nH]2)cc1. The molecule has 0 aliphatic heterocycles. The Morgan fingerprint density at radius 1 is 1.11 bits per heavy atom. The van der Waals surface area contributed by atoms with Gasteiger partial charge in [-0.05, 0) is 30.7 Å². The molecule has 2 aromatic rings. The van der Waals surface area contributed by atoms with Crippen molar-refractivity contribution in [2.75, 3.05) is 7.05 Å². The average Bonchev–Trinajstić information content (AvgIpc) is 2.41. The maximum Gasteiger partial charge on any atom is 0.252 e. The number of nitrogens with one attached hydrogen (secondary N) is 2. The number of rotatable bonds is 4. The van der Waals surface area contributed by atoms with Gasteiger partial charge in [-0.3, -0.25) is 4.79 Å². The van der Waals surface area contributed by atoms with Gasteiger partial charge in [0.1, 0.15) is 0 Å². The summed E-state index contributed by atoms with van der Waals surface area (Å²) in [6, 6.07) is 12.1. The summed E-state index contributed by atoms with van der Waals surface area (Å²) >= 11 is 0. The molecule has 0 unspecified atom stereocenters. The fourth-order valence-corrected chi connectivity index (χ4v) is 1.92. The molecule has 0 radical (unpaired) electrons. The molecule has 2 N–H and O–H groups in total. The monoisotopic (exact) mass is 242 g/mol. The molecule has 0 saturated carbocycles. The second kappa shape index (κ2) is 5.65. The van der Waals surface area contributed by atoms with Crippen LogP contribution in [0.5, 0.6) is 0 Å².